The Morgan fingerprint density at radius 2 is 1.86 bits per heavy atom. The highest BCUT2D eigenvalue weighted by Gasteiger charge is 2.12. The van der Waals surface area contributed by atoms with E-state index in [-0.39, 0.29) is 18.3 Å². The average Bonchev–Trinajstić information content (AvgIpc) is 2.70. The van der Waals surface area contributed by atoms with E-state index in [0.29, 0.717) is 22.9 Å². The number of phenols is 1. The lowest BCUT2D eigenvalue weighted by Gasteiger charge is -2.16. The lowest BCUT2D eigenvalue weighted by molar-refractivity contribution is -0.123. The lowest BCUT2D eigenvalue weighted by Crippen LogP contribution is -2.39. The predicted molar refractivity (Wildman–Crippen MR) is 117 cm³/mol. The predicted octanol–water partition coefficient (Wildman–Crippen LogP) is 4.65. The van der Waals surface area contributed by atoms with Crippen LogP contribution in [0.1, 0.15) is 36.5 Å². The summed E-state index contributed by atoms with van der Waals surface area (Å²) < 4.78 is 5.73. The van der Waals surface area contributed by atoms with E-state index >= 15 is 0 Å². The molecular weight excluding hydrogens is 364 g/mol. The summed E-state index contributed by atoms with van der Waals surface area (Å²) in [7, 11) is 0. The smallest absolute Gasteiger partial charge is 0.276 e. The molecule has 150 valence electrons. The van der Waals surface area contributed by atoms with Gasteiger partial charge >= 0.3 is 0 Å². The highest BCUT2D eigenvalue weighted by atomic mass is 16.5. The Balaban J connectivity index is 1.61. The van der Waals surface area contributed by atoms with Gasteiger partial charge in [-0.05, 0) is 41.5 Å². The third-order valence-electron chi connectivity index (χ3n) is 4.73. The summed E-state index contributed by atoms with van der Waals surface area (Å²) in [4.78, 5) is 12.2. The molecule has 0 aliphatic carbocycles. The van der Waals surface area contributed by atoms with Crippen LogP contribution in [0.25, 0.3) is 16.5 Å². The number of aryl methyl sites for hydroxylation is 1. The van der Waals surface area contributed by atoms with E-state index in [1.165, 1.54) is 0 Å². The fourth-order valence-electron chi connectivity index (χ4n) is 3.13. The second-order valence-electron chi connectivity index (χ2n) is 7.32. The van der Waals surface area contributed by atoms with Crippen LogP contribution in [0.5, 0.6) is 11.5 Å². The van der Waals surface area contributed by atoms with Gasteiger partial charge in [0.2, 0.25) is 0 Å². The van der Waals surface area contributed by atoms with E-state index < -0.39 is 0 Å². The maximum atomic E-state index is 12.2. The molecule has 0 saturated carbocycles. The third-order valence-corrected chi connectivity index (χ3v) is 4.73. The molecule has 3 N–H and O–H groups in total. The molecule has 0 radical (unpaired) electrons. The standard InChI is InChI=1S/C24H26N2O3/c1-15(2)19-11-9-16(3)13-22(19)29-14-23(27)26-25-17(4)20-12-10-18-7-5-6-8-21(18)24(20)28/h5-13,15,25,28H,4,14H2,1-3H3,(H,26,27). The summed E-state index contributed by atoms with van der Waals surface area (Å²) in [5.74, 6) is 0.777. The van der Waals surface area contributed by atoms with Crippen molar-refractivity contribution in [1.29, 1.82) is 0 Å². The molecular formula is C24H26N2O3. The third kappa shape index (κ3) is 4.69. The maximum absolute atomic E-state index is 12.2. The molecule has 3 aromatic rings. The zero-order valence-corrected chi connectivity index (χ0v) is 17.0. The summed E-state index contributed by atoms with van der Waals surface area (Å²) in [6.45, 7) is 9.92. The van der Waals surface area contributed by atoms with Crippen LogP contribution in [-0.4, -0.2) is 17.6 Å². The zero-order valence-electron chi connectivity index (χ0n) is 17.0. The van der Waals surface area contributed by atoms with Crippen molar-refractivity contribution in [2.75, 3.05) is 6.61 Å². The second kappa shape index (κ2) is 8.69. The molecule has 0 atom stereocenters. The van der Waals surface area contributed by atoms with Crippen molar-refractivity contribution in [2.45, 2.75) is 26.7 Å². The highest BCUT2D eigenvalue weighted by molar-refractivity contribution is 5.92. The van der Waals surface area contributed by atoms with Gasteiger partial charge in [-0.25, -0.2) is 0 Å². The van der Waals surface area contributed by atoms with Gasteiger partial charge in [-0.3, -0.25) is 15.6 Å². The van der Waals surface area contributed by atoms with Crippen molar-refractivity contribution in [3.05, 3.63) is 77.9 Å². The van der Waals surface area contributed by atoms with Gasteiger partial charge in [0.15, 0.2) is 6.61 Å². The van der Waals surface area contributed by atoms with Crippen molar-refractivity contribution in [3.63, 3.8) is 0 Å². The Morgan fingerprint density at radius 3 is 2.62 bits per heavy atom. The summed E-state index contributed by atoms with van der Waals surface area (Å²) in [5, 5.41) is 12.2. The molecule has 5 nitrogen and oxygen atoms in total. The summed E-state index contributed by atoms with van der Waals surface area (Å²) >= 11 is 0. The summed E-state index contributed by atoms with van der Waals surface area (Å²) in [6.07, 6.45) is 0. The molecule has 0 heterocycles. The number of fused-ring (bicyclic) bond motifs is 1. The van der Waals surface area contributed by atoms with Crippen LogP contribution < -0.4 is 15.6 Å². The average molecular weight is 390 g/mol. The van der Waals surface area contributed by atoms with E-state index in [1.807, 2.05) is 55.5 Å². The van der Waals surface area contributed by atoms with Gasteiger partial charge in [0.25, 0.3) is 5.91 Å². The normalized spacial score (nSPS) is 10.8. The Labute approximate surface area is 171 Å². The van der Waals surface area contributed by atoms with Crippen LogP contribution >= 0.6 is 0 Å². The number of rotatable bonds is 7. The molecule has 0 aliphatic heterocycles. The summed E-state index contributed by atoms with van der Waals surface area (Å²) in [6, 6.07) is 17.2. The van der Waals surface area contributed by atoms with Crippen molar-refractivity contribution < 1.29 is 14.6 Å². The number of hydrogen-bond donors (Lipinski definition) is 3. The van der Waals surface area contributed by atoms with Gasteiger partial charge in [0.05, 0.1) is 5.70 Å². The van der Waals surface area contributed by atoms with E-state index in [0.717, 1.165) is 21.9 Å². The number of benzene rings is 3. The fraction of sp³-hybridized carbons (Fsp3) is 0.208. The monoisotopic (exact) mass is 390 g/mol. The van der Waals surface area contributed by atoms with Crippen LogP contribution in [-0.2, 0) is 4.79 Å². The van der Waals surface area contributed by atoms with E-state index in [2.05, 4.69) is 31.3 Å². The highest BCUT2D eigenvalue weighted by Crippen LogP contribution is 2.31. The Morgan fingerprint density at radius 1 is 1.10 bits per heavy atom. The Hall–Kier alpha value is -3.47. The van der Waals surface area contributed by atoms with Crippen molar-refractivity contribution in [3.8, 4) is 11.5 Å². The maximum Gasteiger partial charge on any atom is 0.276 e. The van der Waals surface area contributed by atoms with E-state index in [1.54, 1.807) is 6.07 Å². The molecule has 0 saturated heterocycles. The van der Waals surface area contributed by atoms with Crippen molar-refractivity contribution in [2.24, 2.45) is 0 Å². The Kier molecular flexibility index (Phi) is 6.07. The SMILES string of the molecule is C=C(NNC(=O)COc1cc(C)ccc1C(C)C)c1ccc2ccccc2c1O. The van der Waals surface area contributed by atoms with Gasteiger partial charge in [-0.15, -0.1) is 0 Å². The minimum Gasteiger partial charge on any atom is -0.507 e. The minimum absolute atomic E-state index is 0.118. The molecule has 0 bridgehead atoms. The van der Waals surface area contributed by atoms with Crippen molar-refractivity contribution >= 4 is 22.4 Å². The molecule has 0 aromatic heterocycles. The number of carbonyl (C=O) groups is 1. The number of hydrazine groups is 1. The van der Waals surface area contributed by atoms with Crippen LogP contribution in [0.15, 0.2) is 61.2 Å². The fourth-order valence-corrected chi connectivity index (χ4v) is 3.13. The number of nitrogens with one attached hydrogen (secondary N) is 2. The first-order chi connectivity index (χ1) is 13.9. The largest absolute Gasteiger partial charge is 0.507 e. The minimum atomic E-state index is -0.345. The van der Waals surface area contributed by atoms with E-state index in [9.17, 15) is 9.90 Å². The van der Waals surface area contributed by atoms with Crippen LogP contribution in [0.3, 0.4) is 0 Å². The molecule has 0 spiro atoms. The van der Waals surface area contributed by atoms with Crippen molar-refractivity contribution in [1.82, 2.24) is 10.9 Å². The first kappa shape index (κ1) is 20.3. The number of aromatic hydroxyl groups is 1. The number of carbonyl (C=O) groups excluding carboxylic acids is 1. The van der Waals surface area contributed by atoms with Crippen LogP contribution in [0.4, 0.5) is 0 Å². The second-order valence-corrected chi connectivity index (χ2v) is 7.32. The molecule has 3 rings (SSSR count). The number of phenolic OH excluding ortho intramolecular Hbond substituents is 1. The number of ether oxygens (including phenoxy) is 1. The quantitative estimate of drug-likeness (QED) is 0.514. The molecule has 0 aliphatic rings. The lowest BCUT2D eigenvalue weighted by atomic mass is 10.0. The van der Waals surface area contributed by atoms with E-state index in [4.69, 9.17) is 4.74 Å². The first-order valence-electron chi connectivity index (χ1n) is 9.55. The number of amides is 1. The van der Waals surface area contributed by atoms with Gasteiger partial charge < -0.3 is 9.84 Å². The molecule has 29 heavy (non-hydrogen) atoms. The molecule has 3 aromatic carbocycles. The molecule has 1 amide bonds. The topological polar surface area (TPSA) is 70.6 Å². The zero-order chi connectivity index (χ0) is 21.0. The molecule has 0 unspecified atom stereocenters. The molecule has 5 heteroatoms. The number of hydrogen-bond acceptors (Lipinski definition) is 4. The van der Waals surface area contributed by atoms with Crippen LogP contribution in [0, 0.1) is 6.92 Å². The molecule has 0 fully saturated rings. The van der Waals surface area contributed by atoms with Gasteiger partial charge in [-0.1, -0.05) is 62.9 Å². The van der Waals surface area contributed by atoms with Gasteiger partial charge in [-0.2, -0.15) is 0 Å². The Bertz CT molecular complexity index is 1060. The van der Waals surface area contributed by atoms with Gasteiger partial charge in [0.1, 0.15) is 11.5 Å². The summed E-state index contributed by atoms with van der Waals surface area (Å²) in [5.41, 5.74) is 8.36. The first-order valence-corrected chi connectivity index (χ1v) is 9.55. The van der Waals surface area contributed by atoms with Gasteiger partial charge in [0, 0.05) is 10.9 Å². The van der Waals surface area contributed by atoms with Crippen LogP contribution in [0.2, 0.25) is 0 Å².